The third-order valence-electron chi connectivity index (χ3n) is 6.73. The number of fused-ring (bicyclic) bond motifs is 2. The van der Waals surface area contributed by atoms with Crippen LogP contribution in [0.25, 0.3) is 21.7 Å². The second-order valence-corrected chi connectivity index (χ2v) is 8.63. The summed E-state index contributed by atoms with van der Waals surface area (Å²) in [6.07, 6.45) is 3.96. The molecule has 6 heteroatoms. The number of ether oxygens (including phenoxy) is 3. The number of methoxy groups -OCH3 is 2. The maximum Gasteiger partial charge on any atom is 0.261 e. The molecule has 5 rings (SSSR count). The number of rotatable bonds is 8. The van der Waals surface area contributed by atoms with Gasteiger partial charge in [0, 0.05) is 37.2 Å². The van der Waals surface area contributed by atoms with Gasteiger partial charge >= 0.3 is 0 Å². The molecular weight excluding hydrogens is 428 g/mol. The summed E-state index contributed by atoms with van der Waals surface area (Å²) >= 11 is 0. The minimum Gasteiger partial charge on any atom is -0.496 e. The van der Waals surface area contributed by atoms with Gasteiger partial charge in [0.05, 0.1) is 25.3 Å². The van der Waals surface area contributed by atoms with Gasteiger partial charge in [-0.2, -0.15) is 0 Å². The van der Waals surface area contributed by atoms with Crippen molar-refractivity contribution in [2.75, 3.05) is 34.0 Å². The van der Waals surface area contributed by atoms with Crippen LogP contribution in [0.15, 0.2) is 66.9 Å². The number of aromatic nitrogens is 1. The van der Waals surface area contributed by atoms with Gasteiger partial charge in [0.25, 0.3) is 5.91 Å². The van der Waals surface area contributed by atoms with Crippen molar-refractivity contribution in [2.24, 2.45) is 0 Å². The van der Waals surface area contributed by atoms with Gasteiger partial charge in [0.1, 0.15) is 11.5 Å². The highest BCUT2D eigenvalue weighted by Crippen LogP contribution is 2.39. The third kappa shape index (κ3) is 4.10. The number of carbonyl (C=O) groups excluding carboxylic acids is 1. The molecule has 1 saturated heterocycles. The number of nitrogens with zero attached hydrogens (tertiary/aromatic N) is 2. The molecule has 3 aromatic carbocycles. The molecule has 0 saturated carbocycles. The van der Waals surface area contributed by atoms with Gasteiger partial charge in [-0.1, -0.05) is 36.4 Å². The Labute approximate surface area is 199 Å². The average molecular weight is 459 g/mol. The fourth-order valence-electron chi connectivity index (χ4n) is 5.08. The Morgan fingerprint density at radius 2 is 1.79 bits per heavy atom. The van der Waals surface area contributed by atoms with Gasteiger partial charge in [-0.15, -0.1) is 0 Å². The van der Waals surface area contributed by atoms with E-state index in [4.69, 9.17) is 14.2 Å². The molecule has 1 atom stereocenters. The summed E-state index contributed by atoms with van der Waals surface area (Å²) in [7, 11) is 3.39. The molecule has 1 aromatic heterocycles. The van der Waals surface area contributed by atoms with Crippen molar-refractivity contribution in [1.29, 1.82) is 0 Å². The summed E-state index contributed by atoms with van der Waals surface area (Å²) in [5.41, 5.74) is 2.24. The minimum absolute atomic E-state index is 0.0122. The van der Waals surface area contributed by atoms with E-state index in [1.54, 1.807) is 14.2 Å². The largest absolute Gasteiger partial charge is 0.496 e. The Hall–Kier alpha value is -3.51. The van der Waals surface area contributed by atoms with E-state index < -0.39 is 0 Å². The second-order valence-electron chi connectivity index (χ2n) is 8.63. The van der Waals surface area contributed by atoms with Crippen LogP contribution in [-0.4, -0.2) is 49.4 Å². The maximum atomic E-state index is 13.3. The van der Waals surface area contributed by atoms with E-state index >= 15 is 0 Å². The Bertz CT molecular complexity index is 1310. The first-order chi connectivity index (χ1) is 16.7. The molecule has 0 radical (unpaired) electrons. The quantitative estimate of drug-likeness (QED) is 0.365. The lowest BCUT2D eigenvalue weighted by atomic mass is 9.96. The average Bonchev–Trinajstić information content (AvgIpc) is 3.53. The van der Waals surface area contributed by atoms with Crippen LogP contribution in [-0.2, 0) is 16.1 Å². The van der Waals surface area contributed by atoms with Crippen molar-refractivity contribution in [3.05, 3.63) is 72.4 Å². The van der Waals surface area contributed by atoms with E-state index in [1.165, 1.54) is 5.56 Å². The summed E-state index contributed by atoms with van der Waals surface area (Å²) in [5, 5.41) is 3.21. The van der Waals surface area contributed by atoms with Gasteiger partial charge in [-0.05, 0) is 48.1 Å². The predicted molar refractivity (Wildman–Crippen MR) is 133 cm³/mol. The molecule has 176 valence electrons. The Kier molecular flexibility index (Phi) is 6.41. The van der Waals surface area contributed by atoms with Gasteiger partial charge in [-0.25, -0.2) is 0 Å². The van der Waals surface area contributed by atoms with Crippen molar-refractivity contribution < 1.29 is 19.0 Å². The molecule has 1 fully saturated rings. The van der Waals surface area contributed by atoms with E-state index in [9.17, 15) is 4.79 Å². The molecule has 1 amide bonds. The van der Waals surface area contributed by atoms with E-state index in [2.05, 4.69) is 28.8 Å². The van der Waals surface area contributed by atoms with E-state index in [0.717, 1.165) is 59.1 Å². The van der Waals surface area contributed by atoms with Gasteiger partial charge in [0.15, 0.2) is 6.61 Å². The molecule has 0 unspecified atom stereocenters. The minimum atomic E-state index is 0.0122. The smallest absolute Gasteiger partial charge is 0.261 e. The summed E-state index contributed by atoms with van der Waals surface area (Å²) in [4.78, 5) is 15.3. The van der Waals surface area contributed by atoms with Crippen LogP contribution >= 0.6 is 0 Å². The summed E-state index contributed by atoms with van der Waals surface area (Å²) < 4.78 is 19.0. The molecule has 0 aliphatic carbocycles. The monoisotopic (exact) mass is 458 g/mol. The lowest BCUT2D eigenvalue weighted by Gasteiger charge is -2.26. The lowest BCUT2D eigenvalue weighted by Crippen LogP contribution is -2.34. The number of carbonyl (C=O) groups is 1. The zero-order valence-corrected chi connectivity index (χ0v) is 19.7. The highest BCUT2D eigenvalue weighted by molar-refractivity contribution is 5.92. The van der Waals surface area contributed by atoms with Crippen LogP contribution in [0.3, 0.4) is 0 Å². The van der Waals surface area contributed by atoms with Crippen LogP contribution in [0.2, 0.25) is 0 Å². The molecule has 4 aromatic rings. The van der Waals surface area contributed by atoms with Crippen molar-refractivity contribution in [3.8, 4) is 11.5 Å². The molecule has 1 aliphatic heterocycles. The molecule has 0 bridgehead atoms. The summed E-state index contributed by atoms with van der Waals surface area (Å²) in [6, 6.07) is 20.4. The highest BCUT2D eigenvalue weighted by Gasteiger charge is 2.31. The molecule has 2 heterocycles. The highest BCUT2D eigenvalue weighted by atomic mass is 16.5. The van der Waals surface area contributed by atoms with Crippen LogP contribution in [0, 0.1) is 0 Å². The van der Waals surface area contributed by atoms with E-state index in [0.29, 0.717) is 6.61 Å². The Morgan fingerprint density at radius 3 is 2.62 bits per heavy atom. The van der Waals surface area contributed by atoms with Gasteiger partial charge < -0.3 is 23.7 Å². The first-order valence-corrected chi connectivity index (χ1v) is 11.8. The molecule has 0 N–H and O–H groups in total. The molecule has 0 spiro atoms. The molecule has 1 aliphatic rings. The van der Waals surface area contributed by atoms with E-state index in [1.807, 2.05) is 47.5 Å². The van der Waals surface area contributed by atoms with Crippen molar-refractivity contribution in [2.45, 2.75) is 25.4 Å². The number of amides is 1. The van der Waals surface area contributed by atoms with E-state index in [-0.39, 0.29) is 18.6 Å². The SMILES string of the molecule is COCCn1ccc2c(OCC(=O)N3CCC[C@H]3c3ccc(OC)c4ccccc34)cccc21. The lowest BCUT2D eigenvalue weighted by molar-refractivity contribution is -0.134. The Morgan fingerprint density at radius 1 is 0.941 bits per heavy atom. The number of hydrogen-bond donors (Lipinski definition) is 0. The first kappa shape index (κ1) is 22.3. The van der Waals surface area contributed by atoms with Gasteiger partial charge in [0.2, 0.25) is 0 Å². The molecule has 34 heavy (non-hydrogen) atoms. The second kappa shape index (κ2) is 9.77. The number of benzene rings is 3. The number of hydrogen-bond acceptors (Lipinski definition) is 4. The van der Waals surface area contributed by atoms with Gasteiger partial charge in [-0.3, -0.25) is 4.79 Å². The fraction of sp³-hybridized carbons (Fsp3) is 0.321. The normalized spacial score (nSPS) is 15.8. The zero-order chi connectivity index (χ0) is 23.5. The third-order valence-corrected chi connectivity index (χ3v) is 6.73. The van der Waals surface area contributed by atoms with Crippen molar-refractivity contribution >= 4 is 27.6 Å². The Balaban J connectivity index is 1.35. The molecule has 6 nitrogen and oxygen atoms in total. The van der Waals surface area contributed by atoms with Crippen molar-refractivity contribution in [3.63, 3.8) is 0 Å². The van der Waals surface area contributed by atoms with Crippen LogP contribution in [0.4, 0.5) is 0 Å². The predicted octanol–water partition coefficient (Wildman–Crippen LogP) is 5.19. The molecular formula is C28H30N2O4. The van der Waals surface area contributed by atoms with Crippen LogP contribution < -0.4 is 9.47 Å². The fourth-order valence-corrected chi connectivity index (χ4v) is 5.08. The summed E-state index contributed by atoms with van der Waals surface area (Å²) in [6.45, 7) is 2.18. The van der Waals surface area contributed by atoms with Crippen LogP contribution in [0.5, 0.6) is 11.5 Å². The summed E-state index contributed by atoms with van der Waals surface area (Å²) in [5.74, 6) is 1.59. The van der Waals surface area contributed by atoms with Crippen LogP contribution in [0.1, 0.15) is 24.4 Å². The zero-order valence-electron chi connectivity index (χ0n) is 19.7. The number of likely N-dealkylation sites (tertiary alicyclic amines) is 1. The first-order valence-electron chi connectivity index (χ1n) is 11.8. The standard InChI is InChI=1S/C28H30N2O4/c1-32-18-17-29-16-14-23-24(29)9-5-11-27(23)34-19-28(31)30-15-6-10-25(30)21-12-13-26(33-2)22-8-4-3-7-20(21)22/h3-5,7-9,11-14,16,25H,6,10,15,17-19H2,1-2H3/t25-/m0/s1. The topological polar surface area (TPSA) is 52.9 Å². The van der Waals surface area contributed by atoms with Crippen molar-refractivity contribution in [1.82, 2.24) is 9.47 Å². The maximum absolute atomic E-state index is 13.3.